The van der Waals surface area contributed by atoms with Crippen molar-refractivity contribution in [2.24, 2.45) is 0 Å². The number of ether oxygens (including phenoxy) is 1. The Balaban J connectivity index is 2.42. The normalized spacial score (nSPS) is 13.8. The fourth-order valence-electron chi connectivity index (χ4n) is 1.69. The molecule has 0 bridgehead atoms. The van der Waals surface area contributed by atoms with Crippen LogP contribution in [0, 0.1) is 0 Å². The highest BCUT2D eigenvalue weighted by atomic mass is 35.5. The average Bonchev–Trinajstić information content (AvgIpc) is 2.45. The van der Waals surface area contributed by atoms with Crippen molar-refractivity contribution in [2.75, 3.05) is 19.4 Å². The second kappa shape index (κ2) is 8.49. The number of carbonyl (C=O) groups excluding carboxylic acids is 1. The maximum Gasteiger partial charge on any atom is 0.326 e. The van der Waals surface area contributed by atoms with E-state index in [4.69, 9.17) is 16.3 Å². The number of aromatic nitrogens is 1. The van der Waals surface area contributed by atoms with Crippen molar-refractivity contribution in [1.29, 1.82) is 0 Å². The molecule has 20 heavy (non-hydrogen) atoms. The predicted molar refractivity (Wildman–Crippen MR) is 83.3 cm³/mol. The van der Waals surface area contributed by atoms with Gasteiger partial charge in [0.05, 0.1) is 11.6 Å². The van der Waals surface area contributed by atoms with Crippen LogP contribution in [0.3, 0.4) is 0 Å². The molecule has 6 heteroatoms. The highest BCUT2D eigenvalue weighted by Gasteiger charge is 2.32. The molecule has 1 heterocycles. The van der Waals surface area contributed by atoms with Crippen molar-refractivity contribution in [1.82, 2.24) is 10.3 Å². The summed E-state index contributed by atoms with van der Waals surface area (Å²) in [5, 5.41) is 4.54. The molecule has 0 aliphatic heterocycles. The van der Waals surface area contributed by atoms with Crippen LogP contribution in [0.1, 0.15) is 26.7 Å². The molecule has 0 spiro atoms. The first-order valence-electron chi connectivity index (χ1n) is 6.63. The molecule has 0 aliphatic carbocycles. The van der Waals surface area contributed by atoms with Gasteiger partial charge < -0.3 is 10.1 Å². The van der Waals surface area contributed by atoms with Crippen LogP contribution in [0.15, 0.2) is 23.4 Å². The molecule has 0 fully saturated rings. The van der Waals surface area contributed by atoms with Crippen molar-refractivity contribution < 1.29 is 9.53 Å². The third kappa shape index (κ3) is 4.96. The van der Waals surface area contributed by atoms with Crippen LogP contribution in [-0.2, 0) is 9.53 Å². The number of esters is 1. The topological polar surface area (TPSA) is 51.2 Å². The van der Waals surface area contributed by atoms with Gasteiger partial charge in [-0.25, -0.2) is 4.98 Å². The van der Waals surface area contributed by atoms with Gasteiger partial charge in [0.2, 0.25) is 0 Å². The number of thioether (sulfide) groups is 1. The molecular formula is C14H21ClN2O2S. The van der Waals surface area contributed by atoms with Gasteiger partial charge in [-0.3, -0.25) is 4.79 Å². The molecular weight excluding hydrogens is 296 g/mol. The molecule has 1 aromatic rings. The van der Waals surface area contributed by atoms with Crippen LogP contribution in [0.25, 0.3) is 0 Å². The fraction of sp³-hybridized carbons (Fsp3) is 0.571. The summed E-state index contributed by atoms with van der Waals surface area (Å²) in [7, 11) is 1.78. The first-order chi connectivity index (χ1) is 9.53. The molecule has 4 nitrogen and oxygen atoms in total. The van der Waals surface area contributed by atoms with E-state index in [1.807, 2.05) is 26.0 Å². The van der Waals surface area contributed by atoms with Crippen LogP contribution in [0.5, 0.6) is 0 Å². The standard InChI is InChI=1S/C14H21ClN2O2S/c1-4-19-13(18)14(2,16-3)8-6-10-20-12-11(15)7-5-9-17-12/h5,7,9,16H,4,6,8,10H2,1-3H3. The van der Waals surface area contributed by atoms with Gasteiger partial charge in [0.1, 0.15) is 10.6 Å². The highest BCUT2D eigenvalue weighted by Crippen LogP contribution is 2.26. The minimum atomic E-state index is -0.634. The van der Waals surface area contributed by atoms with Crippen molar-refractivity contribution in [2.45, 2.75) is 37.3 Å². The first kappa shape index (κ1) is 17.3. The number of hydrogen-bond donors (Lipinski definition) is 1. The Morgan fingerprint density at radius 2 is 2.35 bits per heavy atom. The lowest BCUT2D eigenvalue weighted by Gasteiger charge is -2.26. The first-order valence-corrected chi connectivity index (χ1v) is 7.99. The Bertz CT molecular complexity index is 445. The fourth-order valence-corrected chi connectivity index (χ4v) is 2.80. The van der Waals surface area contributed by atoms with Crippen molar-refractivity contribution >= 4 is 29.3 Å². The summed E-state index contributed by atoms with van der Waals surface area (Å²) in [6.07, 6.45) is 3.30. The van der Waals surface area contributed by atoms with Gasteiger partial charge in [-0.05, 0) is 51.6 Å². The summed E-state index contributed by atoms with van der Waals surface area (Å²) >= 11 is 7.64. The summed E-state index contributed by atoms with van der Waals surface area (Å²) < 4.78 is 5.09. The zero-order chi connectivity index (χ0) is 15.0. The number of likely N-dealkylation sites (N-methyl/N-ethyl adjacent to an activating group) is 1. The molecule has 1 N–H and O–H groups in total. The van der Waals surface area contributed by atoms with E-state index >= 15 is 0 Å². The summed E-state index contributed by atoms with van der Waals surface area (Å²) in [4.78, 5) is 16.1. The molecule has 0 amide bonds. The summed E-state index contributed by atoms with van der Waals surface area (Å²) in [5.74, 6) is 0.649. The van der Waals surface area contributed by atoms with Crippen LogP contribution < -0.4 is 5.32 Å². The third-order valence-corrected chi connectivity index (χ3v) is 4.57. The van der Waals surface area contributed by atoms with E-state index in [2.05, 4.69) is 10.3 Å². The molecule has 1 aromatic heterocycles. The third-order valence-electron chi connectivity index (χ3n) is 3.06. The number of carbonyl (C=O) groups is 1. The van der Waals surface area contributed by atoms with Gasteiger partial charge in [-0.1, -0.05) is 11.6 Å². The monoisotopic (exact) mass is 316 g/mol. The van der Waals surface area contributed by atoms with Gasteiger partial charge in [0.25, 0.3) is 0 Å². The SMILES string of the molecule is CCOC(=O)C(C)(CCCSc1ncccc1Cl)NC. The molecule has 1 atom stereocenters. The van der Waals surface area contributed by atoms with Crippen LogP contribution in [0.4, 0.5) is 0 Å². The van der Waals surface area contributed by atoms with Crippen LogP contribution >= 0.6 is 23.4 Å². The van der Waals surface area contributed by atoms with E-state index in [-0.39, 0.29) is 5.97 Å². The van der Waals surface area contributed by atoms with Crippen LogP contribution in [0.2, 0.25) is 5.02 Å². The lowest BCUT2D eigenvalue weighted by molar-refractivity contribution is -0.150. The zero-order valence-electron chi connectivity index (χ0n) is 12.1. The Kier molecular flexibility index (Phi) is 7.34. The maximum atomic E-state index is 11.9. The minimum Gasteiger partial charge on any atom is -0.465 e. The molecule has 0 saturated heterocycles. The summed E-state index contributed by atoms with van der Waals surface area (Å²) in [6.45, 7) is 4.07. The highest BCUT2D eigenvalue weighted by molar-refractivity contribution is 7.99. The van der Waals surface area contributed by atoms with Gasteiger partial charge >= 0.3 is 5.97 Å². The van der Waals surface area contributed by atoms with Crippen molar-refractivity contribution in [3.63, 3.8) is 0 Å². The summed E-state index contributed by atoms with van der Waals surface area (Å²) in [6, 6.07) is 3.64. The Morgan fingerprint density at radius 1 is 1.60 bits per heavy atom. The molecule has 112 valence electrons. The second-order valence-electron chi connectivity index (χ2n) is 4.54. The Hall–Kier alpha value is -0.780. The average molecular weight is 317 g/mol. The van der Waals surface area contributed by atoms with Gasteiger partial charge in [-0.2, -0.15) is 0 Å². The number of hydrogen-bond acceptors (Lipinski definition) is 5. The smallest absolute Gasteiger partial charge is 0.326 e. The van der Waals surface area contributed by atoms with Gasteiger partial charge in [0.15, 0.2) is 0 Å². The molecule has 0 radical (unpaired) electrons. The second-order valence-corrected chi connectivity index (χ2v) is 6.04. The zero-order valence-corrected chi connectivity index (χ0v) is 13.7. The molecule has 0 aliphatic rings. The van der Waals surface area contributed by atoms with E-state index in [0.717, 1.165) is 17.2 Å². The molecule has 1 unspecified atom stereocenters. The number of rotatable bonds is 8. The largest absolute Gasteiger partial charge is 0.465 e. The number of pyridine rings is 1. The Labute approximate surface area is 129 Å². The predicted octanol–water partition coefficient (Wildman–Crippen LogP) is 3.15. The lowest BCUT2D eigenvalue weighted by Crippen LogP contribution is -2.48. The molecule has 1 rings (SSSR count). The summed E-state index contributed by atoms with van der Waals surface area (Å²) in [5.41, 5.74) is -0.634. The number of nitrogens with zero attached hydrogens (tertiary/aromatic N) is 1. The van der Waals surface area contributed by atoms with Crippen molar-refractivity contribution in [3.8, 4) is 0 Å². The van der Waals surface area contributed by atoms with E-state index in [0.29, 0.717) is 18.1 Å². The van der Waals surface area contributed by atoms with Gasteiger partial charge in [-0.15, -0.1) is 11.8 Å². The quantitative estimate of drug-likeness (QED) is 0.453. The number of nitrogens with one attached hydrogen (secondary N) is 1. The Morgan fingerprint density at radius 3 is 2.95 bits per heavy atom. The minimum absolute atomic E-state index is 0.205. The van der Waals surface area contributed by atoms with Crippen LogP contribution in [-0.4, -0.2) is 35.9 Å². The maximum absolute atomic E-state index is 11.9. The van der Waals surface area contributed by atoms with Crippen molar-refractivity contribution in [3.05, 3.63) is 23.4 Å². The van der Waals surface area contributed by atoms with E-state index in [9.17, 15) is 4.79 Å². The molecule has 0 aromatic carbocycles. The van der Waals surface area contributed by atoms with E-state index in [1.165, 1.54) is 0 Å². The van der Waals surface area contributed by atoms with E-state index < -0.39 is 5.54 Å². The van der Waals surface area contributed by atoms with Gasteiger partial charge in [0, 0.05) is 6.20 Å². The number of halogens is 1. The molecule has 0 saturated carbocycles. The van der Waals surface area contributed by atoms with E-state index in [1.54, 1.807) is 25.0 Å². The lowest BCUT2D eigenvalue weighted by atomic mass is 9.97.